The average molecular weight is 285 g/mol. The van der Waals surface area contributed by atoms with Crippen molar-refractivity contribution < 1.29 is 9.53 Å². The number of ketones is 1. The summed E-state index contributed by atoms with van der Waals surface area (Å²) < 4.78 is 5.68. The Balaban J connectivity index is 1.94. The predicted molar refractivity (Wildman–Crippen MR) is 81.8 cm³/mol. The summed E-state index contributed by atoms with van der Waals surface area (Å²) in [5.41, 5.74) is 2.79. The highest BCUT2D eigenvalue weighted by Crippen LogP contribution is 2.56. The van der Waals surface area contributed by atoms with E-state index in [1.807, 2.05) is 0 Å². The lowest BCUT2D eigenvalue weighted by atomic mass is 9.52. The van der Waals surface area contributed by atoms with Gasteiger partial charge in [0.2, 0.25) is 0 Å². The fourth-order valence-corrected chi connectivity index (χ4v) is 5.25. The van der Waals surface area contributed by atoms with Crippen LogP contribution >= 0.6 is 0 Å². The van der Waals surface area contributed by atoms with Crippen LogP contribution in [0.25, 0.3) is 0 Å². The van der Waals surface area contributed by atoms with E-state index in [-0.39, 0.29) is 5.41 Å². The molecule has 0 amide bonds. The Morgan fingerprint density at radius 2 is 2.24 bits per heavy atom. The van der Waals surface area contributed by atoms with E-state index in [4.69, 9.17) is 4.74 Å². The molecule has 0 aromatic heterocycles. The Labute approximate surface area is 126 Å². The van der Waals surface area contributed by atoms with E-state index in [1.54, 1.807) is 7.11 Å². The summed E-state index contributed by atoms with van der Waals surface area (Å²) in [5, 5.41) is 0. The first-order chi connectivity index (χ1) is 10.2. The van der Waals surface area contributed by atoms with Gasteiger partial charge in [-0.15, -0.1) is 0 Å². The van der Waals surface area contributed by atoms with Crippen molar-refractivity contribution >= 4 is 5.78 Å². The summed E-state index contributed by atoms with van der Waals surface area (Å²) in [6.07, 6.45) is 4.72. The van der Waals surface area contributed by atoms with Crippen molar-refractivity contribution in [3.8, 4) is 5.75 Å². The maximum atomic E-state index is 12.2. The third-order valence-electron chi connectivity index (χ3n) is 6.16. The molecule has 112 valence electrons. The van der Waals surface area contributed by atoms with Crippen LogP contribution in [0.3, 0.4) is 0 Å². The summed E-state index contributed by atoms with van der Waals surface area (Å²) >= 11 is 0. The smallest absolute Gasteiger partial charge is 0.133 e. The van der Waals surface area contributed by atoms with Crippen molar-refractivity contribution in [1.82, 2.24) is 4.90 Å². The Bertz CT molecular complexity index is 597. The molecule has 3 heteroatoms. The van der Waals surface area contributed by atoms with Crippen LogP contribution in [0.5, 0.6) is 5.75 Å². The van der Waals surface area contributed by atoms with Crippen LogP contribution in [-0.4, -0.2) is 37.4 Å². The monoisotopic (exact) mass is 285 g/mol. The lowest BCUT2D eigenvalue weighted by Crippen LogP contribution is -2.61. The second-order valence-corrected chi connectivity index (χ2v) is 7.01. The first kappa shape index (κ1) is 13.3. The second-order valence-electron chi connectivity index (χ2n) is 7.01. The highest BCUT2D eigenvalue weighted by molar-refractivity contribution is 5.82. The van der Waals surface area contributed by atoms with Gasteiger partial charge in [-0.05, 0) is 50.4 Å². The van der Waals surface area contributed by atoms with Gasteiger partial charge < -0.3 is 9.64 Å². The van der Waals surface area contributed by atoms with Crippen molar-refractivity contribution in [3.63, 3.8) is 0 Å². The second kappa shape index (κ2) is 4.57. The minimum absolute atomic E-state index is 0.0344. The Morgan fingerprint density at radius 1 is 1.38 bits per heavy atom. The molecule has 1 aromatic rings. The van der Waals surface area contributed by atoms with Crippen LogP contribution in [0, 0.1) is 5.92 Å². The van der Waals surface area contributed by atoms with E-state index in [0.29, 0.717) is 17.7 Å². The first-order valence-electron chi connectivity index (χ1n) is 8.04. The largest absolute Gasteiger partial charge is 0.496 e. The highest BCUT2D eigenvalue weighted by Gasteiger charge is 2.55. The van der Waals surface area contributed by atoms with E-state index in [9.17, 15) is 4.79 Å². The Hall–Kier alpha value is -1.35. The molecule has 21 heavy (non-hydrogen) atoms. The van der Waals surface area contributed by atoms with Gasteiger partial charge in [0, 0.05) is 29.9 Å². The number of piperidine rings is 1. The van der Waals surface area contributed by atoms with Gasteiger partial charge >= 0.3 is 0 Å². The van der Waals surface area contributed by atoms with E-state index in [2.05, 4.69) is 30.1 Å². The minimum Gasteiger partial charge on any atom is -0.496 e. The summed E-state index contributed by atoms with van der Waals surface area (Å²) in [4.78, 5) is 14.8. The molecular formula is C18H23NO2. The number of Topliss-reactive ketones (excluding diaryl/α,β-unsaturated/α-hetero) is 1. The third kappa shape index (κ3) is 1.73. The Kier molecular flexibility index (Phi) is 2.90. The van der Waals surface area contributed by atoms with E-state index < -0.39 is 0 Å². The minimum atomic E-state index is 0.0344. The quantitative estimate of drug-likeness (QED) is 0.794. The van der Waals surface area contributed by atoms with Crippen LogP contribution in [0.2, 0.25) is 0 Å². The summed E-state index contributed by atoms with van der Waals surface area (Å²) in [6.45, 7) is 1.09. The van der Waals surface area contributed by atoms with Gasteiger partial charge in [0.15, 0.2) is 0 Å². The molecule has 3 aliphatic rings. The number of likely N-dealkylation sites (N-methyl/N-ethyl adjacent to an activating group) is 1. The topological polar surface area (TPSA) is 29.5 Å². The maximum Gasteiger partial charge on any atom is 0.133 e. The molecule has 1 saturated carbocycles. The van der Waals surface area contributed by atoms with Crippen molar-refractivity contribution in [3.05, 3.63) is 29.3 Å². The molecule has 1 saturated heterocycles. The van der Waals surface area contributed by atoms with Gasteiger partial charge in [0.25, 0.3) is 0 Å². The molecule has 3 unspecified atom stereocenters. The summed E-state index contributed by atoms with van der Waals surface area (Å²) in [5.74, 6) is 2.04. The van der Waals surface area contributed by atoms with E-state index in [1.165, 1.54) is 11.1 Å². The molecule has 2 fully saturated rings. The standard InChI is InChI=1S/C18H23NO2/c1-19-9-8-18-11-13(20)6-7-14(18)15(19)10-12-4-3-5-16(21-2)17(12)18/h3-5,14-15H,6-11H2,1-2H3. The third-order valence-corrected chi connectivity index (χ3v) is 6.16. The summed E-state index contributed by atoms with van der Waals surface area (Å²) in [7, 11) is 4.00. The number of carbonyl (C=O) groups excluding carboxylic acids is 1. The first-order valence-corrected chi connectivity index (χ1v) is 8.04. The molecule has 1 aromatic carbocycles. The molecule has 3 atom stereocenters. The lowest BCUT2D eigenvalue weighted by Gasteiger charge is -2.58. The zero-order chi connectivity index (χ0) is 14.6. The van der Waals surface area contributed by atoms with Gasteiger partial charge in [0.1, 0.15) is 11.5 Å². The van der Waals surface area contributed by atoms with Crippen LogP contribution in [-0.2, 0) is 16.6 Å². The van der Waals surface area contributed by atoms with E-state index >= 15 is 0 Å². The number of hydrogen-bond donors (Lipinski definition) is 0. The van der Waals surface area contributed by atoms with Crippen LogP contribution in [0.1, 0.15) is 36.8 Å². The number of methoxy groups -OCH3 is 1. The average Bonchev–Trinajstić information content (AvgIpc) is 2.50. The van der Waals surface area contributed by atoms with Gasteiger partial charge in [-0.1, -0.05) is 12.1 Å². The van der Waals surface area contributed by atoms with Crippen LogP contribution in [0.4, 0.5) is 0 Å². The number of carbonyl (C=O) groups is 1. The number of benzene rings is 1. The molecule has 1 heterocycles. The molecule has 0 N–H and O–H groups in total. The number of likely N-dealkylation sites (tertiary alicyclic amines) is 1. The number of rotatable bonds is 1. The van der Waals surface area contributed by atoms with Gasteiger partial charge in [0.05, 0.1) is 7.11 Å². The molecule has 3 nitrogen and oxygen atoms in total. The Morgan fingerprint density at radius 3 is 3.05 bits per heavy atom. The van der Waals surface area contributed by atoms with Crippen molar-refractivity contribution in [2.45, 2.75) is 43.6 Å². The van der Waals surface area contributed by atoms with Crippen molar-refractivity contribution in [2.75, 3.05) is 20.7 Å². The normalized spacial score (nSPS) is 35.0. The van der Waals surface area contributed by atoms with Crippen molar-refractivity contribution in [1.29, 1.82) is 0 Å². The summed E-state index contributed by atoms with van der Waals surface area (Å²) in [6, 6.07) is 6.99. The molecule has 4 rings (SSSR count). The van der Waals surface area contributed by atoms with Crippen LogP contribution < -0.4 is 4.74 Å². The van der Waals surface area contributed by atoms with Gasteiger partial charge in [-0.2, -0.15) is 0 Å². The molecule has 2 bridgehead atoms. The number of hydrogen-bond acceptors (Lipinski definition) is 3. The van der Waals surface area contributed by atoms with E-state index in [0.717, 1.165) is 44.4 Å². The fourth-order valence-electron chi connectivity index (χ4n) is 5.25. The fraction of sp³-hybridized carbons (Fsp3) is 0.611. The van der Waals surface area contributed by atoms with Crippen LogP contribution in [0.15, 0.2) is 18.2 Å². The van der Waals surface area contributed by atoms with Crippen molar-refractivity contribution in [2.24, 2.45) is 5.92 Å². The molecule has 1 aliphatic heterocycles. The molecule has 0 radical (unpaired) electrons. The maximum absolute atomic E-state index is 12.2. The zero-order valence-corrected chi connectivity index (χ0v) is 12.9. The lowest BCUT2D eigenvalue weighted by molar-refractivity contribution is -0.126. The molecule has 0 spiro atoms. The number of ether oxygens (including phenoxy) is 1. The molecule has 2 aliphatic carbocycles. The van der Waals surface area contributed by atoms with Gasteiger partial charge in [-0.25, -0.2) is 0 Å². The predicted octanol–water partition coefficient (Wildman–Crippen LogP) is 2.56. The number of fused-ring (bicyclic) bond motifs is 1. The van der Waals surface area contributed by atoms with Gasteiger partial charge in [-0.3, -0.25) is 4.79 Å². The SMILES string of the molecule is COc1cccc2c1C13CCN(C)C(C2)C1CCC(=O)C3. The zero-order valence-electron chi connectivity index (χ0n) is 12.9. The molecular weight excluding hydrogens is 262 g/mol. The number of nitrogens with zero attached hydrogens (tertiary/aromatic N) is 1. The highest BCUT2D eigenvalue weighted by atomic mass is 16.5.